The van der Waals surface area contributed by atoms with Gasteiger partial charge in [0.1, 0.15) is 0 Å². The molecule has 0 heterocycles. The molecule has 1 N–H and O–H groups in total. The van der Waals surface area contributed by atoms with Gasteiger partial charge in [0.15, 0.2) is 0 Å². The summed E-state index contributed by atoms with van der Waals surface area (Å²) in [5.41, 5.74) is 1.17. The Balaban J connectivity index is 2.11. The Morgan fingerprint density at radius 1 is 1.39 bits per heavy atom. The second kappa shape index (κ2) is 5.86. The van der Waals surface area contributed by atoms with Gasteiger partial charge in [-0.25, -0.2) is 0 Å². The molecule has 0 saturated heterocycles. The van der Waals surface area contributed by atoms with E-state index in [1.165, 1.54) is 25.7 Å². The number of rotatable bonds is 3. The number of non-ortho nitro benzene ring substituents is 1. The summed E-state index contributed by atoms with van der Waals surface area (Å²) in [5, 5.41) is 14.2. The Bertz CT molecular complexity index is 451. The molecule has 1 saturated carbocycles. The van der Waals surface area contributed by atoms with Gasteiger partial charge in [0.25, 0.3) is 5.69 Å². The number of anilines is 1. The lowest BCUT2D eigenvalue weighted by Gasteiger charge is -2.30. The van der Waals surface area contributed by atoms with Crippen LogP contribution in [0.1, 0.15) is 32.6 Å². The molecular weight excluding hydrogens is 343 g/mol. The van der Waals surface area contributed by atoms with Crippen LogP contribution in [-0.4, -0.2) is 11.0 Å². The van der Waals surface area contributed by atoms with Crippen LogP contribution in [-0.2, 0) is 0 Å². The quantitative estimate of drug-likeness (QED) is 0.500. The fraction of sp³-hybridized carbons (Fsp3) is 0.538. The van der Waals surface area contributed by atoms with Gasteiger partial charge in [-0.2, -0.15) is 0 Å². The normalized spacial score (nSPS) is 23.7. The minimum Gasteiger partial charge on any atom is -0.381 e. The molecule has 2 rings (SSSR count). The van der Waals surface area contributed by atoms with Gasteiger partial charge in [-0.3, -0.25) is 10.1 Å². The van der Waals surface area contributed by atoms with Crippen molar-refractivity contribution in [2.24, 2.45) is 5.92 Å². The van der Waals surface area contributed by atoms with Crippen molar-refractivity contribution in [1.82, 2.24) is 0 Å². The van der Waals surface area contributed by atoms with Crippen LogP contribution in [0.4, 0.5) is 11.4 Å². The number of benzene rings is 1. The van der Waals surface area contributed by atoms with Crippen LogP contribution in [0, 0.1) is 19.6 Å². The Kier molecular flexibility index (Phi) is 4.42. The van der Waals surface area contributed by atoms with E-state index in [1.807, 2.05) is 6.07 Å². The van der Waals surface area contributed by atoms with E-state index < -0.39 is 0 Å². The number of hydrogen-bond donors (Lipinski definition) is 1. The summed E-state index contributed by atoms with van der Waals surface area (Å²) in [6.07, 6.45) is 5.04. The standard InChI is InChI=1S/C13H17IN2O2/c1-9-4-2-3-5-12(9)15-13-7-6-10(16(17)18)8-11(13)14/h6-9,12,15H,2-5H2,1H3. The van der Waals surface area contributed by atoms with Gasteiger partial charge in [-0.1, -0.05) is 19.8 Å². The molecule has 0 amide bonds. The van der Waals surface area contributed by atoms with E-state index in [1.54, 1.807) is 12.1 Å². The highest BCUT2D eigenvalue weighted by Crippen LogP contribution is 2.30. The third-order valence-corrected chi connectivity index (χ3v) is 4.51. The average molecular weight is 360 g/mol. The van der Waals surface area contributed by atoms with Crippen molar-refractivity contribution >= 4 is 34.0 Å². The zero-order chi connectivity index (χ0) is 13.1. The van der Waals surface area contributed by atoms with Crippen molar-refractivity contribution in [3.05, 3.63) is 31.9 Å². The molecular formula is C13H17IN2O2. The number of nitro benzene ring substituents is 1. The van der Waals surface area contributed by atoms with Crippen molar-refractivity contribution in [3.63, 3.8) is 0 Å². The summed E-state index contributed by atoms with van der Waals surface area (Å²) in [7, 11) is 0. The minimum absolute atomic E-state index is 0.154. The first kappa shape index (κ1) is 13.6. The second-order valence-corrected chi connectivity index (χ2v) is 6.10. The summed E-state index contributed by atoms with van der Waals surface area (Å²) in [4.78, 5) is 10.3. The van der Waals surface area contributed by atoms with Gasteiger partial charge >= 0.3 is 0 Å². The van der Waals surface area contributed by atoms with Crippen LogP contribution in [0.15, 0.2) is 18.2 Å². The molecule has 4 nitrogen and oxygen atoms in total. The number of hydrogen-bond acceptors (Lipinski definition) is 3. The molecule has 0 aromatic heterocycles. The maximum Gasteiger partial charge on any atom is 0.270 e. The first-order valence-corrected chi connectivity index (χ1v) is 7.36. The summed E-state index contributed by atoms with van der Waals surface area (Å²) >= 11 is 2.16. The molecule has 1 aromatic rings. The number of halogens is 1. The van der Waals surface area contributed by atoms with Crippen molar-refractivity contribution < 1.29 is 4.92 Å². The number of nitro groups is 1. The van der Waals surface area contributed by atoms with Crippen LogP contribution in [0.2, 0.25) is 0 Å². The summed E-state index contributed by atoms with van der Waals surface area (Å²) in [6.45, 7) is 2.27. The highest BCUT2D eigenvalue weighted by Gasteiger charge is 2.22. The van der Waals surface area contributed by atoms with Gasteiger partial charge in [0.05, 0.1) is 4.92 Å². The average Bonchev–Trinajstić information content (AvgIpc) is 2.34. The zero-order valence-corrected chi connectivity index (χ0v) is 12.5. The zero-order valence-electron chi connectivity index (χ0n) is 10.4. The Morgan fingerprint density at radius 2 is 2.11 bits per heavy atom. The van der Waals surface area contributed by atoms with E-state index in [0.29, 0.717) is 12.0 Å². The van der Waals surface area contributed by atoms with Crippen LogP contribution >= 0.6 is 22.6 Å². The van der Waals surface area contributed by atoms with E-state index in [-0.39, 0.29) is 10.6 Å². The van der Waals surface area contributed by atoms with Gasteiger partial charge in [0.2, 0.25) is 0 Å². The lowest BCUT2D eigenvalue weighted by atomic mass is 9.86. The van der Waals surface area contributed by atoms with E-state index in [2.05, 4.69) is 34.8 Å². The predicted octanol–water partition coefficient (Wildman–Crippen LogP) is 4.19. The molecule has 0 radical (unpaired) electrons. The molecule has 1 fully saturated rings. The molecule has 1 aromatic carbocycles. The molecule has 0 bridgehead atoms. The van der Waals surface area contributed by atoms with Crippen molar-refractivity contribution in [2.45, 2.75) is 38.6 Å². The van der Waals surface area contributed by atoms with E-state index in [0.717, 1.165) is 9.26 Å². The third kappa shape index (κ3) is 3.13. The molecule has 98 valence electrons. The fourth-order valence-corrected chi connectivity index (χ4v) is 3.12. The Hall–Kier alpha value is -0.850. The van der Waals surface area contributed by atoms with Crippen LogP contribution in [0.5, 0.6) is 0 Å². The first-order valence-electron chi connectivity index (χ1n) is 6.28. The van der Waals surface area contributed by atoms with E-state index in [9.17, 15) is 10.1 Å². The fourth-order valence-electron chi connectivity index (χ4n) is 2.47. The maximum atomic E-state index is 10.7. The van der Waals surface area contributed by atoms with E-state index >= 15 is 0 Å². The van der Waals surface area contributed by atoms with Crippen molar-refractivity contribution in [3.8, 4) is 0 Å². The molecule has 18 heavy (non-hydrogen) atoms. The smallest absolute Gasteiger partial charge is 0.270 e. The van der Waals surface area contributed by atoms with Gasteiger partial charge < -0.3 is 5.32 Å². The lowest BCUT2D eigenvalue weighted by molar-refractivity contribution is -0.384. The molecule has 2 atom stereocenters. The molecule has 2 unspecified atom stereocenters. The lowest BCUT2D eigenvalue weighted by Crippen LogP contribution is -2.30. The summed E-state index contributed by atoms with van der Waals surface area (Å²) in [6, 6.07) is 5.50. The molecule has 1 aliphatic carbocycles. The monoisotopic (exact) mass is 360 g/mol. The third-order valence-electron chi connectivity index (χ3n) is 3.62. The highest BCUT2D eigenvalue weighted by molar-refractivity contribution is 14.1. The second-order valence-electron chi connectivity index (χ2n) is 4.93. The first-order chi connectivity index (χ1) is 8.58. The number of nitrogens with one attached hydrogen (secondary N) is 1. The van der Waals surface area contributed by atoms with Crippen molar-refractivity contribution in [1.29, 1.82) is 0 Å². The van der Waals surface area contributed by atoms with Crippen LogP contribution in [0.3, 0.4) is 0 Å². The molecule has 0 aliphatic heterocycles. The van der Waals surface area contributed by atoms with Crippen LogP contribution in [0.25, 0.3) is 0 Å². The SMILES string of the molecule is CC1CCCCC1Nc1ccc([N+](=O)[O-])cc1I. The Morgan fingerprint density at radius 3 is 2.72 bits per heavy atom. The molecule has 5 heteroatoms. The topological polar surface area (TPSA) is 55.2 Å². The largest absolute Gasteiger partial charge is 0.381 e. The molecule has 0 spiro atoms. The highest BCUT2D eigenvalue weighted by atomic mass is 127. The Labute approximate surface area is 120 Å². The maximum absolute atomic E-state index is 10.7. The van der Waals surface area contributed by atoms with Gasteiger partial charge in [0, 0.05) is 27.4 Å². The molecule has 1 aliphatic rings. The number of nitrogens with zero attached hydrogens (tertiary/aromatic N) is 1. The van der Waals surface area contributed by atoms with E-state index in [4.69, 9.17) is 0 Å². The summed E-state index contributed by atoms with van der Waals surface area (Å²) in [5.74, 6) is 0.671. The van der Waals surface area contributed by atoms with Crippen LogP contribution < -0.4 is 5.32 Å². The summed E-state index contributed by atoms with van der Waals surface area (Å²) < 4.78 is 0.916. The predicted molar refractivity (Wildman–Crippen MR) is 80.9 cm³/mol. The van der Waals surface area contributed by atoms with Crippen molar-refractivity contribution in [2.75, 3.05) is 5.32 Å². The minimum atomic E-state index is -0.352. The van der Waals surface area contributed by atoms with Gasteiger partial charge in [-0.15, -0.1) is 0 Å². The van der Waals surface area contributed by atoms with Gasteiger partial charge in [-0.05, 0) is 47.4 Å².